The van der Waals surface area contributed by atoms with Gasteiger partial charge in [-0.25, -0.2) is 13.2 Å². The van der Waals surface area contributed by atoms with Crippen LogP contribution in [-0.2, 0) is 19.6 Å². The van der Waals surface area contributed by atoms with E-state index in [2.05, 4.69) is 4.72 Å². The predicted molar refractivity (Wildman–Crippen MR) is 96.5 cm³/mol. The molecule has 9 heteroatoms. The number of sulfonamides is 1. The van der Waals surface area contributed by atoms with Gasteiger partial charge in [0.15, 0.2) is 0 Å². The summed E-state index contributed by atoms with van der Waals surface area (Å²) in [4.78, 5) is 24.6. The van der Waals surface area contributed by atoms with Crippen LogP contribution >= 0.6 is 11.6 Å². The van der Waals surface area contributed by atoms with Crippen molar-refractivity contribution in [3.05, 3.63) is 41.4 Å². The van der Waals surface area contributed by atoms with Gasteiger partial charge < -0.3 is 10.0 Å². The lowest BCUT2D eigenvalue weighted by Crippen LogP contribution is -2.46. The molecule has 2 N–H and O–H groups in total. The Bertz CT molecular complexity index is 992. The van der Waals surface area contributed by atoms with E-state index in [1.807, 2.05) is 0 Å². The minimum absolute atomic E-state index is 0.0323. The summed E-state index contributed by atoms with van der Waals surface area (Å²) in [5.74, 6) is -1.66. The molecule has 0 spiro atoms. The van der Waals surface area contributed by atoms with Gasteiger partial charge in [-0.2, -0.15) is 4.72 Å². The normalized spacial score (nSPS) is 19.1. The molecule has 1 aliphatic heterocycles. The zero-order valence-electron chi connectivity index (χ0n) is 13.8. The van der Waals surface area contributed by atoms with Crippen LogP contribution in [0.4, 0.5) is 0 Å². The van der Waals surface area contributed by atoms with Gasteiger partial charge in [0.2, 0.25) is 15.9 Å². The van der Waals surface area contributed by atoms with Crippen LogP contribution in [0.3, 0.4) is 0 Å². The molecule has 0 saturated carbocycles. The smallest absolute Gasteiger partial charge is 0.326 e. The van der Waals surface area contributed by atoms with Crippen LogP contribution in [0.1, 0.15) is 13.3 Å². The average molecular weight is 397 g/mol. The highest BCUT2D eigenvalue weighted by atomic mass is 35.5. The fourth-order valence-corrected chi connectivity index (χ4v) is 4.39. The maximum Gasteiger partial charge on any atom is 0.326 e. The number of fused-ring (bicyclic) bond motifs is 1. The van der Waals surface area contributed by atoms with Crippen LogP contribution < -0.4 is 4.72 Å². The molecule has 3 rings (SSSR count). The maximum atomic E-state index is 12.6. The minimum atomic E-state index is -3.93. The third-order valence-corrected chi connectivity index (χ3v) is 6.15. The van der Waals surface area contributed by atoms with E-state index in [1.54, 1.807) is 24.3 Å². The van der Waals surface area contributed by atoms with Gasteiger partial charge >= 0.3 is 5.97 Å². The van der Waals surface area contributed by atoms with Crippen LogP contribution in [0.25, 0.3) is 10.8 Å². The van der Waals surface area contributed by atoms with Crippen LogP contribution in [-0.4, -0.2) is 48.9 Å². The molecule has 1 unspecified atom stereocenters. The van der Waals surface area contributed by atoms with Crippen LogP contribution in [0.5, 0.6) is 0 Å². The molecule has 2 aromatic carbocycles. The number of aliphatic carboxylic acids is 1. The molecule has 2 atom stereocenters. The van der Waals surface area contributed by atoms with E-state index in [9.17, 15) is 18.0 Å². The van der Waals surface area contributed by atoms with Crippen molar-refractivity contribution in [1.29, 1.82) is 0 Å². The molecular formula is C17H17ClN2O5S. The summed E-state index contributed by atoms with van der Waals surface area (Å²) in [6, 6.07) is 7.73. The number of hydrogen-bond donors (Lipinski definition) is 2. The molecule has 1 fully saturated rings. The number of nitrogens with zero attached hydrogens (tertiary/aromatic N) is 1. The SMILES string of the molecule is C[C@H](C(=O)O)N1CCC(NS(=O)(=O)c2ccc3cc(Cl)ccc3c2)C1=O. The molecular weight excluding hydrogens is 380 g/mol. The van der Waals surface area contributed by atoms with Crippen LogP contribution in [0.15, 0.2) is 41.3 Å². The number of nitrogens with one attached hydrogen (secondary N) is 1. The summed E-state index contributed by atoms with van der Waals surface area (Å²) >= 11 is 5.92. The zero-order valence-corrected chi connectivity index (χ0v) is 15.4. The fraction of sp³-hybridized carbons (Fsp3) is 0.294. The van der Waals surface area contributed by atoms with E-state index in [-0.39, 0.29) is 17.9 Å². The van der Waals surface area contributed by atoms with Crippen molar-refractivity contribution < 1.29 is 23.1 Å². The second-order valence-electron chi connectivity index (χ2n) is 6.16. The topological polar surface area (TPSA) is 104 Å². The lowest BCUT2D eigenvalue weighted by atomic mass is 10.1. The number of rotatable bonds is 5. The molecule has 0 aliphatic carbocycles. The zero-order chi connectivity index (χ0) is 19.1. The number of carbonyl (C=O) groups excluding carboxylic acids is 1. The summed E-state index contributed by atoms with van der Waals surface area (Å²) in [6.07, 6.45) is 0.221. The Hall–Kier alpha value is -2.16. The summed E-state index contributed by atoms with van der Waals surface area (Å²) in [6.45, 7) is 1.58. The number of carboxylic acids is 1. The Morgan fingerprint density at radius 2 is 1.92 bits per heavy atom. The second-order valence-corrected chi connectivity index (χ2v) is 8.31. The molecule has 2 aromatic rings. The standard InChI is InChI=1S/C17H17ClN2O5S/c1-10(17(22)23)20-7-6-15(16(20)21)19-26(24,25)14-5-3-11-8-13(18)4-2-12(11)9-14/h2-5,8-10,15,19H,6-7H2,1H3,(H,22,23)/t10-,15?/m1/s1. The molecule has 1 aliphatic rings. The first-order chi connectivity index (χ1) is 12.2. The largest absolute Gasteiger partial charge is 0.480 e. The second kappa shape index (κ2) is 6.86. The van der Waals surface area contributed by atoms with Gasteiger partial charge in [-0.15, -0.1) is 0 Å². The maximum absolute atomic E-state index is 12.6. The molecule has 138 valence electrons. The van der Waals surface area contributed by atoms with Crippen molar-refractivity contribution in [2.24, 2.45) is 0 Å². The van der Waals surface area contributed by atoms with Crippen molar-refractivity contribution >= 4 is 44.3 Å². The molecule has 1 heterocycles. The first-order valence-electron chi connectivity index (χ1n) is 7.94. The predicted octanol–water partition coefficient (Wildman–Crippen LogP) is 1.85. The Morgan fingerprint density at radius 1 is 1.27 bits per heavy atom. The highest BCUT2D eigenvalue weighted by Crippen LogP contribution is 2.24. The Kier molecular flexibility index (Phi) is 4.92. The van der Waals surface area contributed by atoms with Gasteiger partial charge in [-0.05, 0) is 48.4 Å². The molecule has 0 radical (unpaired) electrons. The van der Waals surface area contributed by atoms with E-state index in [0.717, 1.165) is 10.3 Å². The number of halogens is 1. The molecule has 0 bridgehead atoms. The summed E-state index contributed by atoms with van der Waals surface area (Å²) in [7, 11) is -3.93. The molecule has 7 nitrogen and oxygen atoms in total. The number of benzene rings is 2. The first kappa shape index (κ1) is 18.6. The van der Waals surface area contributed by atoms with E-state index < -0.39 is 34.0 Å². The molecule has 1 saturated heterocycles. The van der Waals surface area contributed by atoms with Crippen molar-refractivity contribution in [2.75, 3.05) is 6.54 Å². The van der Waals surface area contributed by atoms with E-state index in [1.165, 1.54) is 19.1 Å². The fourth-order valence-electron chi connectivity index (χ4n) is 2.95. The van der Waals surface area contributed by atoms with Crippen LogP contribution in [0, 0.1) is 0 Å². The van der Waals surface area contributed by atoms with Crippen molar-refractivity contribution in [2.45, 2.75) is 30.3 Å². The Labute approximate surface area is 155 Å². The minimum Gasteiger partial charge on any atom is -0.480 e. The lowest BCUT2D eigenvalue weighted by Gasteiger charge is -2.21. The summed E-state index contributed by atoms with van der Waals surface area (Å²) in [5, 5.41) is 11.1. The van der Waals surface area contributed by atoms with Gasteiger partial charge in [0.05, 0.1) is 4.90 Å². The van der Waals surface area contributed by atoms with E-state index >= 15 is 0 Å². The first-order valence-corrected chi connectivity index (χ1v) is 9.80. The summed E-state index contributed by atoms with van der Waals surface area (Å²) in [5.41, 5.74) is 0. The number of carboxylic acid groups (broad SMARTS) is 1. The third kappa shape index (κ3) is 3.53. The molecule has 1 amide bonds. The Balaban J connectivity index is 1.82. The summed E-state index contributed by atoms with van der Waals surface area (Å²) < 4.78 is 27.6. The van der Waals surface area contributed by atoms with Crippen molar-refractivity contribution in [3.63, 3.8) is 0 Å². The van der Waals surface area contributed by atoms with Crippen LogP contribution in [0.2, 0.25) is 5.02 Å². The van der Waals surface area contributed by atoms with Crippen molar-refractivity contribution in [3.8, 4) is 0 Å². The van der Waals surface area contributed by atoms with E-state index in [0.29, 0.717) is 10.4 Å². The lowest BCUT2D eigenvalue weighted by molar-refractivity contribution is -0.147. The number of carbonyl (C=O) groups is 2. The van der Waals surface area contributed by atoms with Gasteiger partial charge in [0.25, 0.3) is 0 Å². The highest BCUT2D eigenvalue weighted by Gasteiger charge is 2.39. The number of amides is 1. The van der Waals surface area contributed by atoms with Gasteiger partial charge in [0.1, 0.15) is 12.1 Å². The van der Waals surface area contributed by atoms with Gasteiger partial charge in [-0.3, -0.25) is 4.79 Å². The van der Waals surface area contributed by atoms with Crippen molar-refractivity contribution in [1.82, 2.24) is 9.62 Å². The highest BCUT2D eigenvalue weighted by molar-refractivity contribution is 7.89. The van der Waals surface area contributed by atoms with Gasteiger partial charge in [-0.1, -0.05) is 23.7 Å². The monoisotopic (exact) mass is 396 g/mol. The van der Waals surface area contributed by atoms with Gasteiger partial charge in [0, 0.05) is 11.6 Å². The molecule has 0 aromatic heterocycles. The number of likely N-dealkylation sites (tertiary alicyclic amines) is 1. The molecule has 26 heavy (non-hydrogen) atoms. The quantitative estimate of drug-likeness (QED) is 0.802. The number of hydrogen-bond acceptors (Lipinski definition) is 4. The Morgan fingerprint density at radius 3 is 2.62 bits per heavy atom. The third-order valence-electron chi connectivity index (χ3n) is 4.45. The average Bonchev–Trinajstić information content (AvgIpc) is 2.93. The van der Waals surface area contributed by atoms with E-state index in [4.69, 9.17) is 16.7 Å².